The fourth-order valence-corrected chi connectivity index (χ4v) is 2.70. The number of anilines is 2. The fourth-order valence-electron chi connectivity index (χ4n) is 2.32. The summed E-state index contributed by atoms with van der Waals surface area (Å²) in [5.41, 5.74) is 3.34. The minimum Gasteiger partial charge on any atom is -0.317 e. The van der Waals surface area contributed by atoms with Crippen molar-refractivity contribution in [1.82, 2.24) is 0 Å². The molecule has 5 heteroatoms. The van der Waals surface area contributed by atoms with Crippen molar-refractivity contribution < 1.29 is 9.59 Å². The van der Waals surface area contributed by atoms with Gasteiger partial charge in [0.25, 0.3) is 0 Å². The lowest BCUT2D eigenvalue weighted by atomic mass is 10.0. The third kappa shape index (κ3) is 4.20. The molecule has 0 unspecified atom stereocenters. The first-order valence-electron chi connectivity index (χ1n) is 7.54. The van der Waals surface area contributed by atoms with E-state index in [0.29, 0.717) is 5.69 Å². The van der Waals surface area contributed by atoms with Crippen molar-refractivity contribution in [2.24, 2.45) is 0 Å². The van der Waals surface area contributed by atoms with Gasteiger partial charge in [-0.25, -0.2) is 0 Å². The molecule has 0 spiro atoms. The van der Waals surface area contributed by atoms with Crippen molar-refractivity contribution >= 4 is 39.1 Å². The van der Waals surface area contributed by atoms with Crippen LogP contribution in [0, 0.1) is 0 Å². The highest BCUT2D eigenvalue weighted by molar-refractivity contribution is 9.10. The molecule has 0 aliphatic heterocycles. The number of rotatable bonds is 4. The van der Waals surface area contributed by atoms with Gasteiger partial charge in [-0.3, -0.25) is 9.59 Å². The van der Waals surface area contributed by atoms with Gasteiger partial charge < -0.3 is 10.6 Å². The van der Waals surface area contributed by atoms with Crippen molar-refractivity contribution in [3.63, 3.8) is 0 Å². The highest BCUT2D eigenvalue weighted by Gasteiger charge is 2.17. The second-order valence-corrected chi connectivity index (χ2v) is 5.90. The number of hydrogen-bond acceptors (Lipinski definition) is 2. The molecule has 0 heterocycles. The average Bonchev–Trinajstić information content (AvgIpc) is 2.56. The molecule has 4 nitrogen and oxygen atoms in total. The van der Waals surface area contributed by atoms with E-state index in [1.807, 2.05) is 38.1 Å². The number of carbonyl (C=O) groups is 2. The highest BCUT2D eigenvalue weighted by Crippen LogP contribution is 2.23. The van der Waals surface area contributed by atoms with Crippen LogP contribution in [0.4, 0.5) is 11.4 Å². The number of aryl methyl sites for hydroxylation is 2. The summed E-state index contributed by atoms with van der Waals surface area (Å²) in [6.07, 6.45) is 1.57. The molecule has 0 radical (unpaired) electrons. The number of hydrogen-bond donors (Lipinski definition) is 2. The summed E-state index contributed by atoms with van der Waals surface area (Å²) in [6.45, 7) is 4.04. The van der Waals surface area contributed by atoms with Crippen LogP contribution < -0.4 is 10.6 Å². The molecular formula is C18H19BrN2O2. The van der Waals surface area contributed by atoms with Gasteiger partial charge in [0, 0.05) is 10.2 Å². The van der Waals surface area contributed by atoms with E-state index in [1.165, 1.54) is 0 Å². The van der Waals surface area contributed by atoms with Crippen LogP contribution in [0.25, 0.3) is 0 Å². The zero-order chi connectivity index (χ0) is 16.8. The molecule has 0 aliphatic carbocycles. The van der Waals surface area contributed by atoms with Crippen molar-refractivity contribution in [1.29, 1.82) is 0 Å². The summed E-state index contributed by atoms with van der Waals surface area (Å²) in [5, 5.41) is 5.36. The molecule has 2 rings (SSSR count). The lowest BCUT2D eigenvalue weighted by Gasteiger charge is -2.14. The van der Waals surface area contributed by atoms with E-state index in [2.05, 4.69) is 26.6 Å². The maximum Gasteiger partial charge on any atom is 0.314 e. The zero-order valence-corrected chi connectivity index (χ0v) is 14.7. The first-order valence-corrected chi connectivity index (χ1v) is 8.33. The normalized spacial score (nSPS) is 10.2. The lowest BCUT2D eigenvalue weighted by molar-refractivity contribution is -0.133. The van der Waals surface area contributed by atoms with Crippen LogP contribution in [0.15, 0.2) is 46.9 Å². The largest absolute Gasteiger partial charge is 0.317 e. The lowest BCUT2D eigenvalue weighted by Crippen LogP contribution is -2.30. The standard InChI is InChI=1S/C18H19BrN2O2/c1-3-12-8-7-9-13(4-2)16(12)21-18(23)17(22)20-15-11-6-5-10-14(15)19/h5-11H,3-4H2,1-2H3,(H,20,22)(H,21,23). The Balaban J connectivity index is 2.16. The molecule has 0 saturated carbocycles. The fraction of sp³-hybridized carbons (Fsp3) is 0.222. The Morgan fingerprint density at radius 2 is 1.43 bits per heavy atom. The van der Waals surface area contributed by atoms with E-state index in [-0.39, 0.29) is 0 Å². The molecule has 120 valence electrons. The Labute approximate surface area is 144 Å². The minimum absolute atomic E-state index is 0.562. The predicted molar refractivity (Wildman–Crippen MR) is 96.6 cm³/mol. The van der Waals surface area contributed by atoms with Crippen LogP contribution in [0.5, 0.6) is 0 Å². The van der Waals surface area contributed by atoms with Crippen molar-refractivity contribution in [3.8, 4) is 0 Å². The van der Waals surface area contributed by atoms with Gasteiger partial charge in [-0.2, -0.15) is 0 Å². The van der Waals surface area contributed by atoms with E-state index >= 15 is 0 Å². The van der Waals surface area contributed by atoms with Crippen molar-refractivity contribution in [3.05, 3.63) is 58.1 Å². The van der Waals surface area contributed by atoms with Crippen LogP contribution >= 0.6 is 15.9 Å². The monoisotopic (exact) mass is 374 g/mol. The first-order chi connectivity index (χ1) is 11.1. The highest BCUT2D eigenvalue weighted by atomic mass is 79.9. The zero-order valence-electron chi connectivity index (χ0n) is 13.2. The van der Waals surface area contributed by atoms with E-state index in [1.54, 1.807) is 18.2 Å². The molecule has 0 saturated heterocycles. The average molecular weight is 375 g/mol. The van der Waals surface area contributed by atoms with E-state index < -0.39 is 11.8 Å². The third-order valence-electron chi connectivity index (χ3n) is 3.57. The van der Waals surface area contributed by atoms with E-state index in [4.69, 9.17) is 0 Å². The van der Waals surface area contributed by atoms with Gasteiger partial charge in [0.1, 0.15) is 0 Å². The molecule has 0 atom stereocenters. The number of nitrogens with one attached hydrogen (secondary N) is 2. The van der Waals surface area contributed by atoms with Crippen LogP contribution in [0.1, 0.15) is 25.0 Å². The van der Waals surface area contributed by atoms with Gasteiger partial charge in [-0.15, -0.1) is 0 Å². The predicted octanol–water partition coefficient (Wildman–Crippen LogP) is 4.15. The molecule has 23 heavy (non-hydrogen) atoms. The van der Waals surface area contributed by atoms with Gasteiger partial charge in [-0.1, -0.05) is 44.2 Å². The maximum atomic E-state index is 12.2. The summed E-state index contributed by atoms with van der Waals surface area (Å²) in [4.78, 5) is 24.4. The summed E-state index contributed by atoms with van der Waals surface area (Å²) < 4.78 is 0.726. The van der Waals surface area contributed by atoms with Crippen LogP contribution in [0.2, 0.25) is 0 Å². The first kappa shape index (κ1) is 17.2. The second-order valence-electron chi connectivity index (χ2n) is 5.05. The molecule has 2 amide bonds. The van der Waals surface area contributed by atoms with E-state index in [0.717, 1.165) is 34.1 Å². The van der Waals surface area contributed by atoms with Gasteiger partial charge in [0.05, 0.1) is 5.69 Å². The summed E-state index contributed by atoms with van der Waals surface area (Å²) in [6, 6.07) is 13.0. The Kier molecular flexibility index (Phi) is 5.93. The van der Waals surface area contributed by atoms with Gasteiger partial charge in [-0.05, 0) is 52.0 Å². The van der Waals surface area contributed by atoms with Crippen LogP contribution in [0.3, 0.4) is 0 Å². The molecule has 0 aromatic heterocycles. The Morgan fingerprint density at radius 3 is 2.00 bits per heavy atom. The Morgan fingerprint density at radius 1 is 0.870 bits per heavy atom. The van der Waals surface area contributed by atoms with Crippen molar-refractivity contribution in [2.75, 3.05) is 10.6 Å². The van der Waals surface area contributed by atoms with Crippen LogP contribution in [-0.4, -0.2) is 11.8 Å². The van der Waals surface area contributed by atoms with E-state index in [9.17, 15) is 9.59 Å². The SMILES string of the molecule is CCc1cccc(CC)c1NC(=O)C(=O)Nc1ccccc1Br. The van der Waals surface area contributed by atoms with Crippen molar-refractivity contribution in [2.45, 2.75) is 26.7 Å². The Bertz CT molecular complexity index is 706. The molecule has 2 aromatic rings. The smallest absolute Gasteiger partial charge is 0.314 e. The second kappa shape index (κ2) is 7.92. The molecule has 2 aromatic carbocycles. The topological polar surface area (TPSA) is 58.2 Å². The summed E-state index contributed by atoms with van der Waals surface area (Å²) in [5.74, 6) is -1.36. The third-order valence-corrected chi connectivity index (χ3v) is 4.26. The molecule has 0 aliphatic rings. The summed E-state index contributed by atoms with van der Waals surface area (Å²) in [7, 11) is 0. The summed E-state index contributed by atoms with van der Waals surface area (Å²) >= 11 is 3.34. The maximum absolute atomic E-state index is 12.2. The number of para-hydroxylation sites is 2. The number of halogens is 1. The molecule has 0 fully saturated rings. The molecule has 0 bridgehead atoms. The minimum atomic E-state index is -0.690. The molecule has 2 N–H and O–H groups in total. The Hall–Kier alpha value is -2.14. The van der Waals surface area contributed by atoms with Gasteiger partial charge in [0.15, 0.2) is 0 Å². The van der Waals surface area contributed by atoms with Gasteiger partial charge >= 0.3 is 11.8 Å². The quantitative estimate of drug-likeness (QED) is 0.789. The van der Waals surface area contributed by atoms with Gasteiger partial charge in [0.2, 0.25) is 0 Å². The van der Waals surface area contributed by atoms with Crippen LogP contribution in [-0.2, 0) is 22.4 Å². The molecular weight excluding hydrogens is 356 g/mol. The number of benzene rings is 2. The number of carbonyl (C=O) groups excluding carboxylic acids is 2. The number of amides is 2.